The topological polar surface area (TPSA) is 61.1 Å². The van der Waals surface area contributed by atoms with Crippen LogP contribution in [-0.2, 0) is 23.0 Å². The fourth-order valence-corrected chi connectivity index (χ4v) is 2.26. The summed E-state index contributed by atoms with van der Waals surface area (Å²) in [4.78, 5) is 10.7. The first-order valence-electron chi connectivity index (χ1n) is 4.94. The molecule has 0 aliphatic heterocycles. The van der Waals surface area contributed by atoms with Gasteiger partial charge in [-0.15, -0.1) is 0 Å². The Bertz CT molecular complexity index is 449. The Kier molecular flexibility index (Phi) is 4.51. The second kappa shape index (κ2) is 5.66. The van der Waals surface area contributed by atoms with Gasteiger partial charge in [-0.3, -0.25) is 4.79 Å². The van der Waals surface area contributed by atoms with Crippen molar-refractivity contribution in [2.45, 2.75) is 25.1 Å². The number of rotatable bonds is 4. The third kappa shape index (κ3) is 2.83. The minimum Gasteiger partial charge on any atom is -0.481 e. The maximum Gasteiger partial charge on any atom is 0.307 e. The average Bonchev–Trinajstić information content (AvgIpc) is 2.27. The van der Waals surface area contributed by atoms with Crippen LogP contribution in [0.3, 0.4) is 0 Å². The Morgan fingerprint density at radius 1 is 1.50 bits per heavy atom. The average molecular weight is 282 g/mol. The van der Waals surface area contributed by atoms with E-state index in [9.17, 15) is 4.79 Å². The van der Waals surface area contributed by atoms with Gasteiger partial charge in [-0.2, -0.15) is 5.26 Å². The number of aliphatic carboxylic acids is 1. The number of benzene rings is 1. The van der Waals surface area contributed by atoms with E-state index in [-0.39, 0.29) is 6.42 Å². The maximum atomic E-state index is 10.7. The first kappa shape index (κ1) is 12.7. The highest BCUT2D eigenvalue weighted by molar-refractivity contribution is 9.08. The Morgan fingerprint density at radius 3 is 2.56 bits per heavy atom. The lowest BCUT2D eigenvalue weighted by Gasteiger charge is -2.11. The summed E-state index contributed by atoms with van der Waals surface area (Å²) in [5.74, 6) is -0.870. The van der Waals surface area contributed by atoms with Gasteiger partial charge in [0.15, 0.2) is 0 Å². The third-order valence-electron chi connectivity index (χ3n) is 2.40. The summed E-state index contributed by atoms with van der Waals surface area (Å²) >= 11 is 3.36. The van der Waals surface area contributed by atoms with Crippen molar-refractivity contribution in [3.05, 3.63) is 34.4 Å². The number of halogens is 1. The van der Waals surface area contributed by atoms with Crippen molar-refractivity contribution in [1.29, 1.82) is 5.26 Å². The molecule has 0 aromatic heterocycles. The first-order valence-corrected chi connectivity index (χ1v) is 6.07. The van der Waals surface area contributed by atoms with Crippen molar-refractivity contribution in [3.8, 4) is 6.07 Å². The zero-order chi connectivity index (χ0) is 12.1. The van der Waals surface area contributed by atoms with Gasteiger partial charge in [-0.1, -0.05) is 22.9 Å². The fraction of sp³-hybridized carbons (Fsp3) is 0.333. The second-order valence-electron chi connectivity index (χ2n) is 3.44. The summed E-state index contributed by atoms with van der Waals surface area (Å²) < 4.78 is 0. The van der Waals surface area contributed by atoms with E-state index in [0.29, 0.717) is 10.9 Å². The van der Waals surface area contributed by atoms with E-state index in [4.69, 9.17) is 10.4 Å². The summed E-state index contributed by atoms with van der Waals surface area (Å²) in [6.45, 7) is 1.99. The van der Waals surface area contributed by atoms with Crippen LogP contribution in [0.5, 0.6) is 0 Å². The number of carboxylic acid groups (broad SMARTS) is 1. The van der Waals surface area contributed by atoms with Crippen LogP contribution in [0.1, 0.15) is 29.2 Å². The fourth-order valence-electron chi connectivity index (χ4n) is 1.76. The molecule has 0 amide bonds. The predicted octanol–water partition coefficient (Wildman–Crippen LogP) is 2.64. The Balaban J connectivity index is 3.32. The first-order chi connectivity index (χ1) is 7.62. The molecular weight excluding hydrogens is 270 g/mol. The van der Waals surface area contributed by atoms with Crippen molar-refractivity contribution in [1.82, 2.24) is 0 Å². The molecule has 0 fully saturated rings. The Morgan fingerprint density at radius 2 is 2.12 bits per heavy atom. The largest absolute Gasteiger partial charge is 0.481 e. The van der Waals surface area contributed by atoms with E-state index < -0.39 is 5.97 Å². The highest BCUT2D eigenvalue weighted by Gasteiger charge is 2.11. The zero-order valence-corrected chi connectivity index (χ0v) is 10.5. The molecule has 0 saturated carbocycles. The number of hydrogen-bond acceptors (Lipinski definition) is 2. The molecule has 1 N–H and O–H groups in total. The molecule has 1 rings (SSSR count). The van der Waals surface area contributed by atoms with Gasteiger partial charge < -0.3 is 5.11 Å². The van der Waals surface area contributed by atoms with Crippen LogP contribution in [-0.4, -0.2) is 11.1 Å². The number of hydrogen-bond donors (Lipinski definition) is 1. The highest BCUT2D eigenvalue weighted by Crippen LogP contribution is 2.21. The maximum absolute atomic E-state index is 10.7. The smallest absolute Gasteiger partial charge is 0.307 e. The van der Waals surface area contributed by atoms with Gasteiger partial charge in [0, 0.05) is 5.33 Å². The number of nitrogens with zero attached hydrogens (tertiary/aromatic N) is 1. The van der Waals surface area contributed by atoms with Crippen molar-refractivity contribution in [2.24, 2.45) is 0 Å². The summed E-state index contributed by atoms with van der Waals surface area (Å²) in [5, 5.41) is 18.3. The summed E-state index contributed by atoms with van der Waals surface area (Å²) in [6.07, 6.45) is 0.744. The van der Waals surface area contributed by atoms with E-state index in [1.54, 1.807) is 12.1 Å². The lowest BCUT2D eigenvalue weighted by Crippen LogP contribution is -2.06. The lowest BCUT2D eigenvalue weighted by molar-refractivity contribution is -0.136. The van der Waals surface area contributed by atoms with Gasteiger partial charge in [-0.05, 0) is 35.2 Å². The zero-order valence-electron chi connectivity index (χ0n) is 8.96. The van der Waals surface area contributed by atoms with E-state index in [0.717, 1.165) is 23.1 Å². The lowest BCUT2D eigenvalue weighted by atomic mass is 9.95. The number of carboxylic acids is 1. The van der Waals surface area contributed by atoms with Crippen LogP contribution in [0, 0.1) is 11.3 Å². The number of nitriles is 1. The predicted molar refractivity (Wildman–Crippen MR) is 64.5 cm³/mol. The van der Waals surface area contributed by atoms with Crippen molar-refractivity contribution in [3.63, 3.8) is 0 Å². The van der Waals surface area contributed by atoms with Crippen LogP contribution in [0.25, 0.3) is 0 Å². The Hall–Kier alpha value is -1.34. The van der Waals surface area contributed by atoms with Crippen LogP contribution < -0.4 is 0 Å². The van der Waals surface area contributed by atoms with Gasteiger partial charge in [0.1, 0.15) is 0 Å². The van der Waals surface area contributed by atoms with Gasteiger partial charge in [-0.25, -0.2) is 0 Å². The van der Waals surface area contributed by atoms with Gasteiger partial charge in [0.2, 0.25) is 0 Å². The van der Waals surface area contributed by atoms with Crippen molar-refractivity contribution < 1.29 is 9.90 Å². The van der Waals surface area contributed by atoms with E-state index in [2.05, 4.69) is 22.0 Å². The molecule has 0 radical (unpaired) electrons. The minimum absolute atomic E-state index is 0.0291. The molecule has 0 heterocycles. The van der Waals surface area contributed by atoms with E-state index >= 15 is 0 Å². The summed E-state index contributed by atoms with van der Waals surface area (Å²) in [6, 6.07) is 5.52. The van der Waals surface area contributed by atoms with E-state index in [1.807, 2.05) is 6.92 Å². The molecule has 0 atom stereocenters. The second-order valence-corrected chi connectivity index (χ2v) is 4.00. The van der Waals surface area contributed by atoms with Gasteiger partial charge in [0.25, 0.3) is 0 Å². The van der Waals surface area contributed by atoms with Gasteiger partial charge >= 0.3 is 5.97 Å². The van der Waals surface area contributed by atoms with E-state index in [1.165, 1.54) is 0 Å². The van der Waals surface area contributed by atoms with Gasteiger partial charge in [0.05, 0.1) is 18.1 Å². The normalized spacial score (nSPS) is 9.81. The molecule has 0 aliphatic carbocycles. The van der Waals surface area contributed by atoms with Crippen LogP contribution in [0.2, 0.25) is 0 Å². The van der Waals surface area contributed by atoms with Crippen molar-refractivity contribution in [2.75, 3.05) is 0 Å². The highest BCUT2D eigenvalue weighted by atomic mass is 79.9. The summed E-state index contributed by atoms with van der Waals surface area (Å²) in [5.41, 5.74) is 3.28. The van der Waals surface area contributed by atoms with Crippen LogP contribution >= 0.6 is 15.9 Å². The van der Waals surface area contributed by atoms with Crippen molar-refractivity contribution >= 4 is 21.9 Å². The standard InChI is InChI=1S/C12H12BrNO2/c1-2-11-9(5-12(15)16)3-8(7-14)4-10(11)6-13/h3-4H,2,5-6H2,1H3,(H,15,16). The molecule has 1 aromatic carbocycles. The molecule has 1 aromatic rings. The molecule has 4 heteroatoms. The molecule has 0 saturated heterocycles. The minimum atomic E-state index is -0.870. The molecule has 0 bridgehead atoms. The third-order valence-corrected chi connectivity index (χ3v) is 3.01. The van der Waals surface area contributed by atoms with Crippen LogP contribution in [0.4, 0.5) is 0 Å². The van der Waals surface area contributed by atoms with Crippen LogP contribution in [0.15, 0.2) is 12.1 Å². The quantitative estimate of drug-likeness (QED) is 0.863. The molecule has 3 nitrogen and oxygen atoms in total. The molecule has 0 aliphatic rings. The molecule has 0 spiro atoms. The number of carbonyl (C=O) groups is 1. The SMILES string of the molecule is CCc1c(CBr)cc(C#N)cc1CC(=O)O. The molecular formula is C12H12BrNO2. The monoisotopic (exact) mass is 281 g/mol. The molecule has 0 unspecified atom stereocenters. The summed E-state index contributed by atoms with van der Waals surface area (Å²) in [7, 11) is 0. The number of alkyl halides is 1. The molecule has 84 valence electrons. The molecule has 16 heavy (non-hydrogen) atoms. The Labute approximate surface area is 103 Å².